The summed E-state index contributed by atoms with van der Waals surface area (Å²) < 4.78 is 17.9. The first-order valence-electron chi connectivity index (χ1n) is 4.64. The zero-order valence-electron chi connectivity index (χ0n) is 8.84. The van der Waals surface area contributed by atoms with E-state index >= 15 is 0 Å². The highest BCUT2D eigenvalue weighted by Crippen LogP contribution is 2.20. The molecule has 0 unspecified atom stereocenters. The summed E-state index contributed by atoms with van der Waals surface area (Å²) in [5.41, 5.74) is 0.133. The van der Waals surface area contributed by atoms with E-state index in [2.05, 4.69) is 4.74 Å². The van der Waals surface area contributed by atoms with Crippen LogP contribution in [0, 0.1) is 12.7 Å². The molecule has 16 heavy (non-hydrogen) atoms. The van der Waals surface area contributed by atoms with E-state index in [0.717, 1.165) is 12.1 Å². The number of ketones is 1. The number of aryl methyl sites for hydroxylation is 1. The summed E-state index contributed by atoms with van der Waals surface area (Å²) in [5.74, 6) is -2.89. The molecular formula is C11H10ClFO3. The zero-order valence-corrected chi connectivity index (χ0v) is 9.60. The predicted molar refractivity (Wildman–Crippen MR) is 57.1 cm³/mol. The van der Waals surface area contributed by atoms with Gasteiger partial charge in [-0.05, 0) is 31.5 Å². The molecule has 1 aromatic rings. The molecule has 0 saturated heterocycles. The van der Waals surface area contributed by atoms with Gasteiger partial charge in [-0.15, -0.1) is 0 Å². The number of hydrogen-bond donors (Lipinski definition) is 0. The molecule has 0 aliphatic carbocycles. The summed E-state index contributed by atoms with van der Waals surface area (Å²) in [6.45, 7) is 3.22. The first-order valence-corrected chi connectivity index (χ1v) is 5.02. The lowest BCUT2D eigenvalue weighted by molar-refractivity contribution is -0.137. The van der Waals surface area contributed by atoms with Gasteiger partial charge in [-0.25, -0.2) is 9.18 Å². The molecular weight excluding hydrogens is 235 g/mol. The fourth-order valence-corrected chi connectivity index (χ4v) is 1.29. The minimum atomic E-state index is -1.08. The summed E-state index contributed by atoms with van der Waals surface area (Å²) in [6.07, 6.45) is 0. The average molecular weight is 245 g/mol. The van der Waals surface area contributed by atoms with Gasteiger partial charge in [0.15, 0.2) is 0 Å². The molecule has 0 amide bonds. The van der Waals surface area contributed by atoms with Crippen LogP contribution in [0.1, 0.15) is 22.8 Å². The minimum Gasteiger partial charge on any atom is -0.460 e. The molecule has 0 saturated carbocycles. The molecule has 0 fully saturated rings. The van der Waals surface area contributed by atoms with Crippen LogP contribution >= 0.6 is 11.6 Å². The van der Waals surface area contributed by atoms with E-state index in [9.17, 15) is 14.0 Å². The van der Waals surface area contributed by atoms with Crippen molar-refractivity contribution in [3.8, 4) is 0 Å². The third-order valence-electron chi connectivity index (χ3n) is 1.95. The number of halogens is 2. The van der Waals surface area contributed by atoms with Crippen molar-refractivity contribution >= 4 is 23.4 Å². The third kappa shape index (κ3) is 2.58. The van der Waals surface area contributed by atoms with Crippen LogP contribution in [0.25, 0.3) is 0 Å². The highest BCUT2D eigenvalue weighted by molar-refractivity contribution is 6.41. The van der Waals surface area contributed by atoms with Crippen LogP contribution < -0.4 is 0 Å². The van der Waals surface area contributed by atoms with Gasteiger partial charge < -0.3 is 4.74 Å². The fourth-order valence-electron chi connectivity index (χ4n) is 1.13. The number of carbonyl (C=O) groups excluding carboxylic acids is 2. The third-order valence-corrected chi connectivity index (χ3v) is 2.36. The molecule has 3 nitrogen and oxygen atoms in total. The van der Waals surface area contributed by atoms with Crippen LogP contribution in [0.5, 0.6) is 0 Å². The van der Waals surface area contributed by atoms with Gasteiger partial charge in [0, 0.05) is 5.02 Å². The van der Waals surface area contributed by atoms with Gasteiger partial charge >= 0.3 is 5.97 Å². The van der Waals surface area contributed by atoms with Crippen molar-refractivity contribution < 1.29 is 18.7 Å². The molecule has 0 spiro atoms. The summed E-state index contributed by atoms with van der Waals surface area (Å²) in [7, 11) is 0. The van der Waals surface area contributed by atoms with Crippen LogP contribution in [0.4, 0.5) is 4.39 Å². The Hall–Kier alpha value is -1.42. The topological polar surface area (TPSA) is 43.4 Å². The number of esters is 1. The molecule has 0 radical (unpaired) electrons. The summed E-state index contributed by atoms with van der Waals surface area (Å²) in [6, 6.07) is 2.24. The second kappa shape index (κ2) is 5.07. The maximum absolute atomic E-state index is 13.4. The van der Waals surface area contributed by atoms with Crippen LogP contribution in [0.3, 0.4) is 0 Å². The molecule has 0 aliphatic rings. The average Bonchev–Trinajstić information content (AvgIpc) is 2.23. The van der Waals surface area contributed by atoms with Gasteiger partial charge in [0.1, 0.15) is 5.82 Å². The number of ether oxygens (including phenoxy) is 1. The van der Waals surface area contributed by atoms with Gasteiger partial charge in [0.2, 0.25) is 0 Å². The van der Waals surface area contributed by atoms with E-state index in [1.807, 2.05) is 0 Å². The second-order valence-corrected chi connectivity index (χ2v) is 3.54. The largest absolute Gasteiger partial charge is 0.460 e. The van der Waals surface area contributed by atoms with E-state index in [-0.39, 0.29) is 17.2 Å². The highest BCUT2D eigenvalue weighted by Gasteiger charge is 2.22. The first-order chi connectivity index (χ1) is 7.47. The number of rotatable bonds is 3. The highest BCUT2D eigenvalue weighted by atomic mass is 35.5. The van der Waals surface area contributed by atoms with Crippen molar-refractivity contribution in [2.24, 2.45) is 0 Å². The van der Waals surface area contributed by atoms with E-state index in [4.69, 9.17) is 11.6 Å². The summed E-state index contributed by atoms with van der Waals surface area (Å²) in [5, 5.41) is 0.231. The first kappa shape index (κ1) is 12.6. The van der Waals surface area contributed by atoms with Crippen molar-refractivity contribution in [2.75, 3.05) is 6.61 Å². The standard InChI is InChI=1S/C11H10ClFO3/c1-3-16-11(15)10(14)7-5-8(12)6(2)4-9(7)13/h4-5H,3H2,1-2H3. The van der Waals surface area contributed by atoms with Crippen molar-refractivity contribution in [1.82, 2.24) is 0 Å². The van der Waals surface area contributed by atoms with Crippen LogP contribution in [-0.2, 0) is 9.53 Å². The monoisotopic (exact) mass is 244 g/mol. The Kier molecular flexibility index (Phi) is 4.01. The Labute approximate surface area is 97.2 Å². The summed E-state index contributed by atoms with van der Waals surface area (Å²) >= 11 is 5.74. The molecule has 0 aromatic heterocycles. The number of benzene rings is 1. The zero-order chi connectivity index (χ0) is 12.3. The number of hydrogen-bond acceptors (Lipinski definition) is 3. The molecule has 1 aromatic carbocycles. The van der Waals surface area contributed by atoms with Crippen molar-refractivity contribution in [1.29, 1.82) is 0 Å². The van der Waals surface area contributed by atoms with Gasteiger partial charge in [0.25, 0.3) is 5.78 Å². The Balaban J connectivity index is 3.09. The maximum Gasteiger partial charge on any atom is 0.379 e. The molecule has 5 heteroatoms. The number of carbonyl (C=O) groups is 2. The lowest BCUT2D eigenvalue weighted by Gasteiger charge is -2.04. The molecule has 0 atom stereocenters. The quantitative estimate of drug-likeness (QED) is 0.466. The van der Waals surface area contributed by atoms with Gasteiger partial charge in [0.05, 0.1) is 12.2 Å². The van der Waals surface area contributed by atoms with Crippen LogP contribution in [0.15, 0.2) is 12.1 Å². The lowest BCUT2D eigenvalue weighted by Crippen LogP contribution is -2.18. The van der Waals surface area contributed by atoms with Gasteiger partial charge in [-0.2, -0.15) is 0 Å². The van der Waals surface area contributed by atoms with E-state index in [1.54, 1.807) is 13.8 Å². The van der Waals surface area contributed by atoms with Crippen molar-refractivity contribution in [3.63, 3.8) is 0 Å². The van der Waals surface area contributed by atoms with Crippen LogP contribution in [-0.4, -0.2) is 18.4 Å². The SMILES string of the molecule is CCOC(=O)C(=O)c1cc(Cl)c(C)cc1F. The Morgan fingerprint density at radius 3 is 2.62 bits per heavy atom. The van der Waals surface area contributed by atoms with Gasteiger partial charge in [-0.3, -0.25) is 4.79 Å². The maximum atomic E-state index is 13.4. The lowest BCUT2D eigenvalue weighted by atomic mass is 10.1. The molecule has 1 rings (SSSR count). The normalized spacial score (nSPS) is 10.0. The van der Waals surface area contributed by atoms with Gasteiger partial charge in [-0.1, -0.05) is 11.6 Å². The molecule has 0 heterocycles. The fraction of sp³-hybridized carbons (Fsp3) is 0.273. The Morgan fingerprint density at radius 1 is 1.44 bits per heavy atom. The Bertz CT molecular complexity index is 443. The molecule has 0 bridgehead atoms. The van der Waals surface area contributed by atoms with E-state index in [0.29, 0.717) is 5.56 Å². The molecule has 0 aliphatic heterocycles. The second-order valence-electron chi connectivity index (χ2n) is 3.13. The minimum absolute atomic E-state index is 0.0613. The predicted octanol–water partition coefficient (Wildman–Crippen LogP) is 2.53. The van der Waals surface area contributed by atoms with Crippen molar-refractivity contribution in [2.45, 2.75) is 13.8 Å². The Morgan fingerprint density at radius 2 is 2.06 bits per heavy atom. The molecule has 86 valence electrons. The van der Waals surface area contributed by atoms with Crippen LogP contribution in [0.2, 0.25) is 5.02 Å². The smallest absolute Gasteiger partial charge is 0.379 e. The summed E-state index contributed by atoms with van der Waals surface area (Å²) in [4.78, 5) is 22.6. The van der Waals surface area contributed by atoms with E-state index < -0.39 is 17.6 Å². The van der Waals surface area contributed by atoms with Crippen molar-refractivity contribution in [3.05, 3.63) is 34.1 Å². The number of Topliss-reactive ketones (excluding diaryl/α,β-unsaturated/α-hetero) is 1. The van der Waals surface area contributed by atoms with E-state index in [1.165, 1.54) is 0 Å². The molecule has 0 N–H and O–H groups in total.